The topological polar surface area (TPSA) is 90.8 Å². The van der Waals surface area contributed by atoms with Crippen LogP contribution in [0.4, 0.5) is 0 Å². The Kier molecular flexibility index (Phi) is 11.3. The molecule has 1 atom stereocenters. The second-order valence-electron chi connectivity index (χ2n) is 10.3. The second-order valence-corrected chi connectivity index (χ2v) is 13.7. The van der Waals surface area contributed by atoms with Gasteiger partial charge in [-0.3, -0.25) is 4.79 Å². The fourth-order valence-electron chi connectivity index (χ4n) is 4.09. The summed E-state index contributed by atoms with van der Waals surface area (Å²) in [5.74, 6) is -0.219. The lowest BCUT2D eigenvalue weighted by Crippen LogP contribution is -2.44. The van der Waals surface area contributed by atoms with Crippen LogP contribution in [0.5, 0.6) is 0 Å². The van der Waals surface area contributed by atoms with Crippen molar-refractivity contribution in [3.8, 4) is 0 Å². The summed E-state index contributed by atoms with van der Waals surface area (Å²) in [6.45, 7) is 5.80. The molecule has 0 radical (unpaired) electrons. The molecule has 1 amide bonds. The van der Waals surface area contributed by atoms with Gasteiger partial charge in [-0.15, -0.1) is 11.6 Å². The van der Waals surface area contributed by atoms with Gasteiger partial charge in [-0.05, 0) is 66.4 Å². The van der Waals surface area contributed by atoms with Crippen LogP contribution in [0.25, 0.3) is 0 Å². The minimum atomic E-state index is -4.08. The first-order chi connectivity index (χ1) is 18.7. The molecule has 0 fully saturated rings. The maximum atomic E-state index is 13.6. The average Bonchev–Trinajstić information content (AvgIpc) is 2.87. The highest BCUT2D eigenvalue weighted by atomic mass is 35.5. The van der Waals surface area contributed by atoms with Crippen LogP contribution in [-0.2, 0) is 23.1 Å². The molecule has 12 heteroatoms. The fourth-order valence-corrected chi connectivity index (χ4v) is 6.42. The zero-order valence-electron chi connectivity index (χ0n) is 22.3. The molecule has 0 spiro atoms. The zero-order valence-corrected chi connectivity index (χ0v) is 26.2. The Balaban J connectivity index is 1.96. The number of aliphatic hydroxyl groups is 1. The summed E-state index contributed by atoms with van der Waals surface area (Å²) in [4.78, 5) is 19.0. The third-order valence-corrected chi connectivity index (χ3v) is 8.88. The summed E-state index contributed by atoms with van der Waals surface area (Å²) in [6.07, 6.45) is 1.43. The summed E-state index contributed by atoms with van der Waals surface area (Å²) in [6, 6.07) is 14.3. The SMILES string of the molecule is CC(C)CN(Cc1cc(Cl)cc(CN(CC(C)(O)CCl)S(=O)(=O)c2cccc(Cl)c2)c1)C(=O)c1ccc(Cl)nc1. The van der Waals surface area contributed by atoms with Crippen LogP contribution in [0.1, 0.15) is 42.3 Å². The van der Waals surface area contributed by atoms with E-state index in [4.69, 9.17) is 46.4 Å². The molecule has 0 aliphatic rings. The van der Waals surface area contributed by atoms with E-state index in [-0.39, 0.29) is 52.4 Å². The lowest BCUT2D eigenvalue weighted by atomic mass is 10.1. The summed E-state index contributed by atoms with van der Waals surface area (Å²) in [5, 5.41) is 11.6. The number of benzene rings is 2. The van der Waals surface area contributed by atoms with Crippen LogP contribution in [0, 0.1) is 5.92 Å². The van der Waals surface area contributed by atoms with E-state index in [0.717, 1.165) is 4.31 Å². The Morgan fingerprint density at radius 1 is 1.00 bits per heavy atom. The van der Waals surface area contributed by atoms with E-state index in [9.17, 15) is 18.3 Å². The zero-order chi connectivity index (χ0) is 29.7. The molecule has 1 N–H and O–H groups in total. The Morgan fingerprint density at radius 3 is 2.25 bits per heavy atom. The molecular weight excluding hydrogens is 616 g/mol. The minimum absolute atomic E-state index is 0.0158. The van der Waals surface area contributed by atoms with Crippen molar-refractivity contribution in [1.82, 2.24) is 14.2 Å². The fraction of sp³-hybridized carbons (Fsp3) is 0.357. The third-order valence-electron chi connectivity index (χ3n) is 5.84. The molecule has 7 nitrogen and oxygen atoms in total. The Morgan fingerprint density at radius 2 is 1.68 bits per heavy atom. The van der Waals surface area contributed by atoms with Crippen molar-refractivity contribution in [3.05, 3.63) is 92.7 Å². The van der Waals surface area contributed by atoms with Gasteiger partial charge < -0.3 is 10.0 Å². The van der Waals surface area contributed by atoms with Gasteiger partial charge in [0.15, 0.2) is 0 Å². The number of sulfonamides is 1. The molecule has 0 aliphatic heterocycles. The number of amides is 1. The predicted molar refractivity (Wildman–Crippen MR) is 161 cm³/mol. The third kappa shape index (κ3) is 9.05. The van der Waals surface area contributed by atoms with Crippen LogP contribution in [0.15, 0.2) is 65.7 Å². The van der Waals surface area contributed by atoms with Crippen molar-refractivity contribution in [2.24, 2.45) is 5.92 Å². The number of hydrogen-bond acceptors (Lipinski definition) is 5. The Bertz CT molecular complexity index is 1430. The van der Waals surface area contributed by atoms with Crippen molar-refractivity contribution < 1.29 is 18.3 Å². The molecule has 3 rings (SSSR count). The first kappa shape index (κ1) is 32.6. The highest BCUT2D eigenvalue weighted by Gasteiger charge is 2.32. The number of alkyl halides is 1. The van der Waals surface area contributed by atoms with Crippen molar-refractivity contribution in [1.29, 1.82) is 0 Å². The first-order valence-electron chi connectivity index (χ1n) is 12.4. The van der Waals surface area contributed by atoms with Gasteiger partial charge in [0, 0.05) is 42.4 Å². The number of aromatic nitrogens is 1. The van der Waals surface area contributed by atoms with E-state index >= 15 is 0 Å². The van der Waals surface area contributed by atoms with E-state index in [1.54, 1.807) is 47.4 Å². The van der Waals surface area contributed by atoms with Gasteiger partial charge >= 0.3 is 0 Å². The second kappa shape index (κ2) is 13.8. The summed E-state index contributed by atoms with van der Waals surface area (Å²) >= 11 is 24.4. The molecule has 1 aromatic heterocycles. The van der Waals surface area contributed by atoms with Gasteiger partial charge in [0.1, 0.15) is 5.15 Å². The van der Waals surface area contributed by atoms with Gasteiger partial charge in [-0.25, -0.2) is 13.4 Å². The number of halogens is 4. The molecule has 3 aromatic rings. The Hall–Kier alpha value is -1.91. The molecule has 1 heterocycles. The largest absolute Gasteiger partial charge is 0.388 e. The van der Waals surface area contributed by atoms with Crippen LogP contribution >= 0.6 is 46.4 Å². The van der Waals surface area contributed by atoms with E-state index in [1.807, 2.05) is 13.8 Å². The van der Waals surface area contributed by atoms with Gasteiger partial charge in [0.05, 0.1) is 21.9 Å². The number of pyridine rings is 1. The molecule has 0 aliphatic carbocycles. The predicted octanol–water partition coefficient (Wildman–Crippen LogP) is 6.52. The van der Waals surface area contributed by atoms with E-state index in [1.165, 1.54) is 25.3 Å². The quantitative estimate of drug-likeness (QED) is 0.179. The summed E-state index contributed by atoms with van der Waals surface area (Å²) < 4.78 is 28.4. The maximum absolute atomic E-state index is 13.6. The van der Waals surface area contributed by atoms with Gasteiger partial charge in [-0.1, -0.05) is 60.8 Å². The number of carbonyl (C=O) groups is 1. The average molecular weight is 647 g/mol. The first-order valence-corrected chi connectivity index (χ1v) is 15.5. The van der Waals surface area contributed by atoms with Crippen LogP contribution in [-0.4, -0.2) is 58.2 Å². The van der Waals surface area contributed by atoms with Crippen molar-refractivity contribution in [2.45, 2.75) is 44.4 Å². The number of nitrogens with zero attached hydrogens (tertiary/aromatic N) is 3. The number of hydrogen-bond donors (Lipinski definition) is 1. The van der Waals surface area contributed by atoms with E-state index in [2.05, 4.69) is 4.98 Å². The van der Waals surface area contributed by atoms with Gasteiger partial charge in [0.2, 0.25) is 10.0 Å². The summed E-state index contributed by atoms with van der Waals surface area (Å²) in [7, 11) is -4.08. The molecule has 2 aromatic carbocycles. The molecule has 216 valence electrons. The molecule has 0 saturated heterocycles. The van der Waals surface area contributed by atoms with Gasteiger partial charge in [0.25, 0.3) is 5.91 Å². The summed E-state index contributed by atoms with van der Waals surface area (Å²) in [5.41, 5.74) is 0.183. The van der Waals surface area contributed by atoms with Crippen LogP contribution in [0.2, 0.25) is 15.2 Å². The monoisotopic (exact) mass is 645 g/mol. The molecule has 0 bridgehead atoms. The Labute approximate surface area is 255 Å². The maximum Gasteiger partial charge on any atom is 0.255 e. The molecule has 0 saturated carbocycles. The molecular formula is C28H31Cl4N3O4S. The van der Waals surface area contributed by atoms with Crippen LogP contribution in [0.3, 0.4) is 0 Å². The highest BCUT2D eigenvalue weighted by Crippen LogP contribution is 2.26. The minimum Gasteiger partial charge on any atom is -0.388 e. The van der Waals surface area contributed by atoms with Crippen molar-refractivity contribution in [2.75, 3.05) is 19.0 Å². The van der Waals surface area contributed by atoms with Crippen molar-refractivity contribution in [3.63, 3.8) is 0 Å². The van der Waals surface area contributed by atoms with E-state index in [0.29, 0.717) is 28.3 Å². The normalized spacial score (nSPS) is 13.4. The molecule has 40 heavy (non-hydrogen) atoms. The lowest BCUT2D eigenvalue weighted by molar-refractivity contribution is 0.0610. The van der Waals surface area contributed by atoms with E-state index < -0.39 is 15.6 Å². The smallest absolute Gasteiger partial charge is 0.255 e. The molecule has 1 unspecified atom stereocenters. The number of rotatable bonds is 12. The number of carbonyl (C=O) groups excluding carboxylic acids is 1. The van der Waals surface area contributed by atoms with Crippen LogP contribution < -0.4 is 0 Å². The standard InChI is InChI=1S/C28H31Cl4N3O4S/c1-19(2)14-34(27(36)22-7-8-26(32)33-13-22)15-20-9-21(11-24(31)10-20)16-35(18-28(3,37)17-29)40(38,39)25-6-4-5-23(30)12-25/h4-13,19,37H,14-18H2,1-3H3. The van der Waals surface area contributed by atoms with Crippen molar-refractivity contribution >= 4 is 62.3 Å². The lowest BCUT2D eigenvalue weighted by Gasteiger charge is -2.30. The van der Waals surface area contributed by atoms with Gasteiger partial charge in [-0.2, -0.15) is 4.31 Å². The highest BCUT2D eigenvalue weighted by molar-refractivity contribution is 7.89.